The molecular formula is C31H30O5. The zero-order chi connectivity index (χ0) is 25.2. The van der Waals surface area contributed by atoms with Crippen LogP contribution >= 0.6 is 0 Å². The first kappa shape index (κ1) is 24.9. The minimum atomic E-state index is -0.461. The average molecular weight is 483 g/mol. The number of hydrogen-bond acceptors (Lipinski definition) is 5. The van der Waals surface area contributed by atoms with Gasteiger partial charge in [0.15, 0.2) is 11.5 Å². The van der Waals surface area contributed by atoms with Crippen LogP contribution in [0.5, 0.6) is 17.2 Å². The normalized spacial score (nSPS) is 10.5. The van der Waals surface area contributed by atoms with Crippen LogP contribution in [-0.4, -0.2) is 12.6 Å². The Labute approximate surface area is 212 Å². The van der Waals surface area contributed by atoms with Gasteiger partial charge in [0, 0.05) is 11.6 Å². The molecule has 0 saturated carbocycles. The molecule has 0 spiro atoms. The first-order valence-electron chi connectivity index (χ1n) is 12.0. The van der Waals surface area contributed by atoms with Crippen molar-refractivity contribution >= 4 is 5.97 Å². The van der Waals surface area contributed by atoms with Crippen LogP contribution in [0.1, 0.15) is 39.5 Å². The summed E-state index contributed by atoms with van der Waals surface area (Å²) in [6.07, 6.45) is 0. The lowest BCUT2D eigenvalue weighted by molar-refractivity contribution is 0.0519. The summed E-state index contributed by atoms with van der Waals surface area (Å²) in [6, 6.07) is 31.3. The molecule has 0 N–H and O–H groups in total. The van der Waals surface area contributed by atoms with E-state index in [1.54, 1.807) is 13.0 Å². The number of carbonyl (C=O) groups is 1. The van der Waals surface area contributed by atoms with Crippen LogP contribution < -0.4 is 14.2 Å². The van der Waals surface area contributed by atoms with Crippen molar-refractivity contribution in [2.24, 2.45) is 0 Å². The maximum absolute atomic E-state index is 13.0. The van der Waals surface area contributed by atoms with Crippen LogP contribution in [0.4, 0.5) is 0 Å². The van der Waals surface area contributed by atoms with E-state index in [-0.39, 0.29) is 6.61 Å². The van der Waals surface area contributed by atoms with Gasteiger partial charge >= 0.3 is 5.97 Å². The van der Waals surface area contributed by atoms with Crippen molar-refractivity contribution in [1.82, 2.24) is 0 Å². The molecule has 0 aromatic heterocycles. The van der Waals surface area contributed by atoms with Gasteiger partial charge in [0.1, 0.15) is 31.1 Å². The molecule has 0 fully saturated rings. The summed E-state index contributed by atoms with van der Waals surface area (Å²) in [5.74, 6) is 0.926. The van der Waals surface area contributed by atoms with Crippen LogP contribution in [0.15, 0.2) is 97.1 Å². The largest absolute Gasteiger partial charge is 0.488 e. The monoisotopic (exact) mass is 482 g/mol. The van der Waals surface area contributed by atoms with Gasteiger partial charge in [0.25, 0.3) is 0 Å². The lowest BCUT2D eigenvalue weighted by Gasteiger charge is -2.20. The summed E-state index contributed by atoms with van der Waals surface area (Å²) in [4.78, 5) is 13.0. The van der Waals surface area contributed by atoms with Gasteiger partial charge in [-0.3, -0.25) is 0 Å². The Bertz CT molecular complexity index is 1250. The molecular weight excluding hydrogens is 452 g/mol. The molecule has 184 valence electrons. The molecule has 0 aliphatic carbocycles. The van der Waals surface area contributed by atoms with Crippen molar-refractivity contribution in [1.29, 1.82) is 0 Å². The van der Waals surface area contributed by atoms with E-state index in [0.29, 0.717) is 48.2 Å². The van der Waals surface area contributed by atoms with Gasteiger partial charge in [0.05, 0.1) is 6.61 Å². The number of carbonyl (C=O) groups excluding carboxylic acids is 1. The predicted molar refractivity (Wildman–Crippen MR) is 139 cm³/mol. The number of esters is 1. The SMILES string of the molecule is CCOC(=O)c1c(OCc2ccccc2)cc(OCc2ccccc2)c(OCc2ccccc2)c1C. The van der Waals surface area contributed by atoms with Crippen molar-refractivity contribution < 1.29 is 23.7 Å². The first-order valence-corrected chi connectivity index (χ1v) is 12.0. The van der Waals surface area contributed by atoms with E-state index in [1.807, 2.05) is 97.9 Å². The highest BCUT2D eigenvalue weighted by Crippen LogP contribution is 2.41. The van der Waals surface area contributed by atoms with E-state index < -0.39 is 5.97 Å². The molecule has 36 heavy (non-hydrogen) atoms. The summed E-state index contributed by atoms with van der Waals surface area (Å²) in [5.41, 5.74) is 3.96. The van der Waals surface area contributed by atoms with E-state index in [1.165, 1.54) is 0 Å². The van der Waals surface area contributed by atoms with Gasteiger partial charge in [-0.15, -0.1) is 0 Å². The minimum Gasteiger partial charge on any atom is -0.488 e. The maximum Gasteiger partial charge on any atom is 0.342 e. The fourth-order valence-electron chi connectivity index (χ4n) is 3.80. The summed E-state index contributed by atoms with van der Waals surface area (Å²) < 4.78 is 24.0. The average Bonchev–Trinajstić information content (AvgIpc) is 2.92. The molecule has 0 heterocycles. The molecule has 0 amide bonds. The molecule has 5 heteroatoms. The lowest BCUT2D eigenvalue weighted by atomic mass is 10.0. The molecule has 0 aliphatic heterocycles. The van der Waals surface area contributed by atoms with E-state index in [2.05, 4.69) is 0 Å². The number of hydrogen-bond donors (Lipinski definition) is 0. The summed E-state index contributed by atoms with van der Waals surface area (Å²) in [6.45, 7) is 4.84. The Hall–Kier alpha value is -4.25. The third kappa shape index (κ3) is 6.45. The van der Waals surface area contributed by atoms with Crippen LogP contribution in [0.2, 0.25) is 0 Å². The van der Waals surface area contributed by atoms with Crippen LogP contribution in [-0.2, 0) is 24.6 Å². The standard InChI is InChI=1S/C31H30O5/c1-3-33-31(32)29-23(2)30(36-22-26-17-11-6-12-18-26)28(35-21-25-15-9-5-10-16-25)19-27(29)34-20-24-13-7-4-8-14-24/h4-19H,3,20-22H2,1-2H3. The summed E-state index contributed by atoms with van der Waals surface area (Å²) >= 11 is 0. The molecule has 0 saturated heterocycles. The summed E-state index contributed by atoms with van der Waals surface area (Å²) in [7, 11) is 0. The Kier molecular flexibility index (Phi) is 8.60. The molecule has 4 aromatic rings. The lowest BCUT2D eigenvalue weighted by Crippen LogP contribution is -2.12. The zero-order valence-electron chi connectivity index (χ0n) is 20.6. The molecule has 0 atom stereocenters. The smallest absolute Gasteiger partial charge is 0.342 e. The Balaban J connectivity index is 1.71. The van der Waals surface area contributed by atoms with Gasteiger partial charge in [0.2, 0.25) is 0 Å². The number of benzene rings is 4. The Morgan fingerprint density at radius 2 is 1.08 bits per heavy atom. The second-order valence-electron chi connectivity index (χ2n) is 8.25. The third-order valence-electron chi connectivity index (χ3n) is 5.63. The molecule has 0 aliphatic rings. The number of ether oxygens (including phenoxy) is 4. The highest BCUT2D eigenvalue weighted by atomic mass is 16.5. The van der Waals surface area contributed by atoms with Gasteiger partial charge in [-0.1, -0.05) is 91.0 Å². The Morgan fingerprint density at radius 3 is 1.56 bits per heavy atom. The highest BCUT2D eigenvalue weighted by Gasteiger charge is 2.25. The predicted octanol–water partition coefficient (Wildman–Crippen LogP) is 6.91. The molecule has 0 bridgehead atoms. The fraction of sp³-hybridized carbons (Fsp3) is 0.194. The first-order chi connectivity index (χ1) is 17.7. The molecule has 4 rings (SSSR count). The van der Waals surface area contributed by atoms with Crippen molar-refractivity contribution in [3.05, 3.63) is 125 Å². The zero-order valence-corrected chi connectivity index (χ0v) is 20.6. The van der Waals surface area contributed by atoms with E-state index >= 15 is 0 Å². The maximum atomic E-state index is 13.0. The van der Waals surface area contributed by atoms with E-state index in [4.69, 9.17) is 18.9 Å². The van der Waals surface area contributed by atoms with Crippen molar-refractivity contribution in [2.75, 3.05) is 6.61 Å². The topological polar surface area (TPSA) is 54.0 Å². The molecule has 4 aromatic carbocycles. The van der Waals surface area contributed by atoms with Crippen LogP contribution in [0.25, 0.3) is 0 Å². The van der Waals surface area contributed by atoms with Crippen LogP contribution in [0.3, 0.4) is 0 Å². The second kappa shape index (κ2) is 12.5. The molecule has 5 nitrogen and oxygen atoms in total. The quantitative estimate of drug-likeness (QED) is 0.218. The van der Waals surface area contributed by atoms with E-state index in [0.717, 1.165) is 16.7 Å². The minimum absolute atomic E-state index is 0.253. The van der Waals surface area contributed by atoms with Crippen molar-refractivity contribution in [2.45, 2.75) is 33.7 Å². The third-order valence-corrected chi connectivity index (χ3v) is 5.63. The van der Waals surface area contributed by atoms with Gasteiger partial charge < -0.3 is 18.9 Å². The van der Waals surface area contributed by atoms with Crippen molar-refractivity contribution in [3.63, 3.8) is 0 Å². The summed E-state index contributed by atoms with van der Waals surface area (Å²) in [5, 5.41) is 0. The fourth-order valence-corrected chi connectivity index (χ4v) is 3.80. The van der Waals surface area contributed by atoms with Gasteiger partial charge in [-0.05, 0) is 30.5 Å². The van der Waals surface area contributed by atoms with Gasteiger partial charge in [-0.2, -0.15) is 0 Å². The number of rotatable bonds is 11. The van der Waals surface area contributed by atoms with E-state index in [9.17, 15) is 4.79 Å². The highest BCUT2D eigenvalue weighted by molar-refractivity contribution is 5.95. The molecule has 0 radical (unpaired) electrons. The Morgan fingerprint density at radius 1 is 0.639 bits per heavy atom. The van der Waals surface area contributed by atoms with Crippen LogP contribution in [0, 0.1) is 6.92 Å². The van der Waals surface area contributed by atoms with Crippen molar-refractivity contribution in [3.8, 4) is 17.2 Å². The molecule has 0 unspecified atom stereocenters. The van der Waals surface area contributed by atoms with Gasteiger partial charge in [-0.25, -0.2) is 4.79 Å². The second-order valence-corrected chi connectivity index (χ2v) is 8.25.